The zero-order valence-corrected chi connectivity index (χ0v) is 12.7. The van der Waals surface area contributed by atoms with Gasteiger partial charge in [-0.05, 0) is 30.7 Å². The zero-order valence-electron chi connectivity index (χ0n) is 11.2. The summed E-state index contributed by atoms with van der Waals surface area (Å²) < 4.78 is 0. The van der Waals surface area contributed by atoms with Crippen LogP contribution < -0.4 is 0 Å². The maximum Gasteiger partial charge on any atom is 0.198 e. The van der Waals surface area contributed by atoms with Crippen molar-refractivity contribution in [1.82, 2.24) is 4.98 Å². The van der Waals surface area contributed by atoms with Crippen molar-refractivity contribution in [1.29, 1.82) is 0 Å². The van der Waals surface area contributed by atoms with Crippen molar-refractivity contribution in [3.05, 3.63) is 57.6 Å². The second kappa shape index (κ2) is 5.43. The Bertz CT molecular complexity index is 833. The minimum Gasteiger partial charge on any atom is -0.494 e. The van der Waals surface area contributed by atoms with Crippen LogP contribution in [0.2, 0.25) is 10.0 Å². The molecule has 3 rings (SSSR count). The highest BCUT2D eigenvalue weighted by molar-refractivity contribution is 6.38. The second-order valence-electron chi connectivity index (χ2n) is 4.76. The molecule has 1 aromatic heterocycles. The maximum atomic E-state index is 10.0. The minimum atomic E-state index is 0.0718. The number of nitrogens with zero attached hydrogens (tertiary/aromatic N) is 1. The topological polar surface area (TPSA) is 48.4 Å². The zero-order chi connectivity index (χ0) is 15.0. The van der Waals surface area contributed by atoms with Gasteiger partial charge in [-0.25, -0.2) is 0 Å². The van der Waals surface area contributed by atoms with E-state index in [-0.39, 0.29) is 5.88 Å². The summed E-state index contributed by atoms with van der Waals surface area (Å²) in [5.41, 5.74) is 3.07. The van der Waals surface area contributed by atoms with E-state index >= 15 is 0 Å². The first-order valence-corrected chi connectivity index (χ1v) is 7.11. The van der Waals surface area contributed by atoms with Crippen molar-refractivity contribution in [2.24, 2.45) is 4.99 Å². The summed E-state index contributed by atoms with van der Waals surface area (Å²) in [6, 6.07) is 11.1. The van der Waals surface area contributed by atoms with Crippen LogP contribution in [-0.2, 0) is 0 Å². The molecule has 0 spiro atoms. The highest BCUT2D eigenvalue weighted by atomic mass is 35.5. The molecule has 2 N–H and O–H groups in total. The number of aliphatic imine (C=N–C) groups is 1. The molecule has 0 aliphatic carbocycles. The van der Waals surface area contributed by atoms with Gasteiger partial charge in [0.2, 0.25) is 0 Å². The van der Waals surface area contributed by atoms with Gasteiger partial charge >= 0.3 is 0 Å². The van der Waals surface area contributed by atoms with Crippen molar-refractivity contribution in [3.63, 3.8) is 0 Å². The number of benzene rings is 2. The molecule has 0 aliphatic heterocycles. The number of aromatic nitrogens is 1. The van der Waals surface area contributed by atoms with E-state index in [4.69, 9.17) is 23.2 Å². The lowest BCUT2D eigenvalue weighted by Crippen LogP contribution is -1.80. The summed E-state index contributed by atoms with van der Waals surface area (Å²) in [4.78, 5) is 7.24. The number of H-pyrrole nitrogens is 1. The molecule has 0 radical (unpaired) electrons. The van der Waals surface area contributed by atoms with Crippen molar-refractivity contribution in [2.75, 3.05) is 0 Å². The first-order valence-electron chi connectivity index (χ1n) is 6.35. The van der Waals surface area contributed by atoms with Gasteiger partial charge in [0, 0.05) is 17.1 Å². The Morgan fingerprint density at radius 3 is 2.57 bits per heavy atom. The first-order chi connectivity index (χ1) is 10.1. The lowest BCUT2D eigenvalue weighted by molar-refractivity contribution is 0.457. The monoisotopic (exact) mass is 318 g/mol. The number of aryl methyl sites for hydroxylation is 1. The fourth-order valence-electron chi connectivity index (χ4n) is 2.19. The number of para-hydroxylation sites is 1. The van der Waals surface area contributed by atoms with E-state index in [1.54, 1.807) is 24.4 Å². The molecule has 3 nitrogen and oxygen atoms in total. The molecule has 0 amide bonds. The Hall–Kier alpha value is -1.97. The lowest BCUT2D eigenvalue weighted by atomic mass is 10.1. The fraction of sp³-hybridized carbons (Fsp3) is 0.0625. The van der Waals surface area contributed by atoms with E-state index < -0.39 is 0 Å². The normalized spacial score (nSPS) is 11.6. The molecule has 1 heterocycles. The molecule has 0 saturated heterocycles. The number of aromatic hydroxyl groups is 1. The Kier molecular flexibility index (Phi) is 3.62. The third-order valence-corrected chi connectivity index (χ3v) is 3.84. The van der Waals surface area contributed by atoms with Gasteiger partial charge < -0.3 is 10.1 Å². The highest BCUT2D eigenvalue weighted by Gasteiger charge is 2.09. The maximum absolute atomic E-state index is 10.0. The first kappa shape index (κ1) is 14.0. The molecule has 106 valence electrons. The molecule has 0 fully saturated rings. The third kappa shape index (κ3) is 2.62. The summed E-state index contributed by atoms with van der Waals surface area (Å²) in [7, 11) is 0. The average molecular weight is 319 g/mol. The van der Waals surface area contributed by atoms with Gasteiger partial charge in [0.25, 0.3) is 0 Å². The predicted octanol–water partition coefficient (Wildman–Crippen LogP) is 5.24. The van der Waals surface area contributed by atoms with Crippen molar-refractivity contribution in [3.8, 4) is 5.88 Å². The SMILES string of the molecule is Cc1ccc2c(C=Nc3c(Cl)cccc3Cl)c(O)[nH]c2c1. The van der Waals surface area contributed by atoms with Crippen LogP contribution in [0.1, 0.15) is 11.1 Å². The fourth-order valence-corrected chi connectivity index (χ4v) is 2.69. The number of rotatable bonds is 2. The van der Waals surface area contributed by atoms with Crippen LogP contribution in [0, 0.1) is 6.92 Å². The van der Waals surface area contributed by atoms with E-state index in [0.29, 0.717) is 21.3 Å². The average Bonchev–Trinajstić information content (AvgIpc) is 2.73. The molecule has 0 bridgehead atoms. The summed E-state index contributed by atoms with van der Waals surface area (Å²) in [6.07, 6.45) is 1.57. The van der Waals surface area contributed by atoms with Gasteiger partial charge in [-0.3, -0.25) is 4.99 Å². The highest BCUT2D eigenvalue weighted by Crippen LogP contribution is 2.33. The Morgan fingerprint density at radius 2 is 1.86 bits per heavy atom. The Morgan fingerprint density at radius 1 is 1.14 bits per heavy atom. The molecule has 0 aliphatic rings. The second-order valence-corrected chi connectivity index (χ2v) is 5.58. The number of nitrogens with one attached hydrogen (secondary N) is 1. The summed E-state index contributed by atoms with van der Waals surface area (Å²) in [5, 5.41) is 11.9. The smallest absolute Gasteiger partial charge is 0.198 e. The molecule has 0 unspecified atom stereocenters. The van der Waals surface area contributed by atoms with Gasteiger partial charge in [-0.2, -0.15) is 0 Å². The third-order valence-electron chi connectivity index (χ3n) is 3.23. The van der Waals surface area contributed by atoms with Gasteiger partial charge in [0.05, 0.1) is 15.6 Å². The summed E-state index contributed by atoms with van der Waals surface area (Å²) in [6.45, 7) is 1.99. The quantitative estimate of drug-likeness (QED) is 0.624. The van der Waals surface area contributed by atoms with Gasteiger partial charge in [-0.15, -0.1) is 0 Å². The van der Waals surface area contributed by atoms with Crippen molar-refractivity contribution < 1.29 is 5.11 Å². The minimum absolute atomic E-state index is 0.0718. The molecular formula is C16H12Cl2N2O. The lowest BCUT2D eigenvalue weighted by Gasteiger charge is -2.00. The standard InChI is InChI=1S/C16H12Cl2N2O/c1-9-5-6-10-11(16(21)20-14(10)7-9)8-19-15-12(17)3-2-4-13(15)18/h2-8,20-21H,1H3. The predicted molar refractivity (Wildman–Crippen MR) is 88.4 cm³/mol. The number of hydrogen-bond donors (Lipinski definition) is 2. The molecule has 0 atom stereocenters. The summed E-state index contributed by atoms with van der Waals surface area (Å²) >= 11 is 12.2. The van der Waals surface area contributed by atoms with E-state index in [1.807, 2.05) is 25.1 Å². The van der Waals surface area contributed by atoms with Crippen LogP contribution in [0.5, 0.6) is 5.88 Å². The van der Waals surface area contributed by atoms with Gasteiger partial charge in [0.15, 0.2) is 5.88 Å². The van der Waals surface area contributed by atoms with E-state index in [1.165, 1.54) is 0 Å². The number of fused-ring (bicyclic) bond motifs is 1. The van der Waals surface area contributed by atoms with E-state index in [2.05, 4.69) is 9.98 Å². The van der Waals surface area contributed by atoms with Gasteiger partial charge in [0.1, 0.15) is 5.69 Å². The van der Waals surface area contributed by atoms with Crippen molar-refractivity contribution >= 4 is 46.0 Å². The Labute approximate surface area is 131 Å². The van der Waals surface area contributed by atoms with Crippen LogP contribution in [0.25, 0.3) is 10.9 Å². The molecule has 2 aromatic carbocycles. The molecular weight excluding hydrogens is 307 g/mol. The van der Waals surface area contributed by atoms with Crippen LogP contribution in [0.15, 0.2) is 41.4 Å². The van der Waals surface area contributed by atoms with Crippen molar-refractivity contribution in [2.45, 2.75) is 6.92 Å². The molecule has 21 heavy (non-hydrogen) atoms. The largest absolute Gasteiger partial charge is 0.494 e. The van der Waals surface area contributed by atoms with Crippen LogP contribution in [-0.4, -0.2) is 16.3 Å². The van der Waals surface area contributed by atoms with E-state index in [0.717, 1.165) is 16.5 Å². The Balaban J connectivity index is 2.10. The number of aromatic amines is 1. The molecule has 0 saturated carbocycles. The number of halogens is 2. The van der Waals surface area contributed by atoms with Crippen LogP contribution in [0.3, 0.4) is 0 Å². The van der Waals surface area contributed by atoms with Crippen LogP contribution >= 0.6 is 23.2 Å². The van der Waals surface area contributed by atoms with Gasteiger partial charge in [-0.1, -0.05) is 41.4 Å². The number of hydrogen-bond acceptors (Lipinski definition) is 2. The summed E-state index contributed by atoms with van der Waals surface area (Å²) in [5.74, 6) is 0.0718. The van der Waals surface area contributed by atoms with E-state index in [9.17, 15) is 5.11 Å². The van der Waals surface area contributed by atoms with Crippen LogP contribution in [0.4, 0.5) is 5.69 Å². The molecule has 3 aromatic rings. The molecule has 5 heteroatoms.